The number of hydrogen-bond donors (Lipinski definition) is 2. The molecule has 0 bridgehead atoms. The highest BCUT2D eigenvalue weighted by Crippen LogP contribution is 2.22. The molecule has 0 amide bonds. The van der Waals surface area contributed by atoms with Gasteiger partial charge in [0.25, 0.3) is 0 Å². The van der Waals surface area contributed by atoms with E-state index in [1.54, 1.807) is 12.1 Å². The summed E-state index contributed by atoms with van der Waals surface area (Å²) < 4.78 is 0. The Labute approximate surface area is 148 Å². The molecule has 4 heteroatoms. The van der Waals surface area contributed by atoms with Crippen LogP contribution in [0.1, 0.15) is 43.4 Å². The van der Waals surface area contributed by atoms with Crippen LogP contribution in [0.3, 0.4) is 0 Å². The van der Waals surface area contributed by atoms with E-state index < -0.39 is 6.10 Å². The largest absolute Gasteiger partial charge is 0.387 e. The molecule has 0 spiro atoms. The van der Waals surface area contributed by atoms with Crippen LogP contribution >= 0.6 is 11.6 Å². The summed E-state index contributed by atoms with van der Waals surface area (Å²) in [6.45, 7) is 4.28. The minimum Gasteiger partial charge on any atom is -0.387 e. The number of aliphatic hydroxyl groups excluding tert-OH is 1. The lowest BCUT2D eigenvalue weighted by molar-refractivity contribution is -0.120. The van der Waals surface area contributed by atoms with Gasteiger partial charge in [-0.25, -0.2) is 0 Å². The van der Waals surface area contributed by atoms with Crippen molar-refractivity contribution in [3.05, 3.63) is 70.7 Å². The van der Waals surface area contributed by atoms with Gasteiger partial charge in [-0.15, -0.1) is 0 Å². The summed E-state index contributed by atoms with van der Waals surface area (Å²) in [6.07, 6.45) is -0.140. The Bertz CT molecular complexity index is 642. The van der Waals surface area contributed by atoms with Crippen molar-refractivity contribution in [2.45, 2.75) is 38.3 Å². The van der Waals surface area contributed by atoms with E-state index in [1.165, 1.54) is 0 Å². The summed E-state index contributed by atoms with van der Waals surface area (Å²) in [4.78, 5) is 12.3. The van der Waals surface area contributed by atoms with Gasteiger partial charge in [0.1, 0.15) is 5.78 Å². The Morgan fingerprint density at radius 2 is 1.71 bits per heavy atom. The van der Waals surface area contributed by atoms with E-state index in [1.807, 2.05) is 56.3 Å². The fraction of sp³-hybridized carbons (Fsp3) is 0.350. The van der Waals surface area contributed by atoms with Crippen molar-refractivity contribution in [2.75, 3.05) is 6.54 Å². The zero-order valence-corrected chi connectivity index (χ0v) is 14.8. The van der Waals surface area contributed by atoms with Crippen LogP contribution in [-0.4, -0.2) is 23.5 Å². The van der Waals surface area contributed by atoms with Gasteiger partial charge in [0, 0.05) is 24.0 Å². The van der Waals surface area contributed by atoms with Gasteiger partial charge in [-0.05, 0) is 30.2 Å². The Hall–Kier alpha value is -1.68. The first kappa shape index (κ1) is 18.7. The number of nitrogens with one attached hydrogen (secondary N) is 1. The Morgan fingerprint density at radius 3 is 2.29 bits per heavy atom. The van der Waals surface area contributed by atoms with Crippen molar-refractivity contribution in [3.8, 4) is 0 Å². The predicted molar refractivity (Wildman–Crippen MR) is 98.4 cm³/mol. The van der Waals surface area contributed by atoms with Crippen LogP contribution in [0.4, 0.5) is 0 Å². The van der Waals surface area contributed by atoms with E-state index in [0.29, 0.717) is 18.0 Å². The summed E-state index contributed by atoms with van der Waals surface area (Å²) in [5.41, 5.74) is 1.81. The molecule has 0 aromatic heterocycles. The number of rotatable bonds is 8. The van der Waals surface area contributed by atoms with Crippen LogP contribution in [0.5, 0.6) is 0 Å². The standard InChI is InChI=1S/C20H24ClNO2/c1-3-19(23)18(15-9-11-17(21)12-10-15)13-22-14(2)20(24)16-7-5-4-6-8-16/h4-12,14,18,20,22,24H,3,13H2,1-2H3/t14-,18?,20-/m1/s1. The minimum atomic E-state index is -0.617. The molecular weight excluding hydrogens is 322 g/mol. The smallest absolute Gasteiger partial charge is 0.141 e. The highest BCUT2D eigenvalue weighted by atomic mass is 35.5. The molecule has 24 heavy (non-hydrogen) atoms. The molecule has 2 aromatic rings. The first-order chi connectivity index (χ1) is 11.5. The maximum absolute atomic E-state index is 12.3. The summed E-state index contributed by atoms with van der Waals surface area (Å²) >= 11 is 5.93. The van der Waals surface area contributed by atoms with Gasteiger partial charge in [-0.1, -0.05) is 61.0 Å². The van der Waals surface area contributed by atoms with Gasteiger partial charge in [-0.3, -0.25) is 4.79 Å². The molecule has 3 atom stereocenters. The lowest BCUT2D eigenvalue weighted by atomic mass is 9.92. The average molecular weight is 346 g/mol. The zero-order chi connectivity index (χ0) is 17.5. The van der Waals surface area contributed by atoms with Crippen molar-refractivity contribution in [3.63, 3.8) is 0 Å². The molecule has 0 aliphatic heterocycles. The first-order valence-electron chi connectivity index (χ1n) is 8.27. The van der Waals surface area contributed by atoms with Crippen molar-refractivity contribution < 1.29 is 9.90 Å². The summed E-state index contributed by atoms with van der Waals surface area (Å²) in [5.74, 6) is -0.0658. The van der Waals surface area contributed by atoms with E-state index in [9.17, 15) is 9.90 Å². The molecule has 0 radical (unpaired) electrons. The van der Waals surface area contributed by atoms with Crippen LogP contribution in [0.2, 0.25) is 5.02 Å². The Kier molecular flexibility index (Phi) is 6.98. The summed E-state index contributed by atoms with van der Waals surface area (Å²) in [6, 6.07) is 16.8. The van der Waals surface area contributed by atoms with Crippen LogP contribution in [0.25, 0.3) is 0 Å². The quantitative estimate of drug-likeness (QED) is 0.756. The number of carbonyl (C=O) groups excluding carboxylic acids is 1. The average Bonchev–Trinajstić information content (AvgIpc) is 2.62. The third-order valence-corrected chi connectivity index (χ3v) is 4.52. The maximum Gasteiger partial charge on any atom is 0.141 e. The SMILES string of the molecule is CCC(=O)C(CN[C@H](C)[C@@H](O)c1ccccc1)c1ccc(Cl)cc1. The lowest BCUT2D eigenvalue weighted by Crippen LogP contribution is -2.37. The molecule has 2 aromatic carbocycles. The third-order valence-electron chi connectivity index (χ3n) is 4.27. The van der Waals surface area contributed by atoms with E-state index in [2.05, 4.69) is 5.32 Å². The van der Waals surface area contributed by atoms with Crippen molar-refractivity contribution in [1.82, 2.24) is 5.32 Å². The van der Waals surface area contributed by atoms with Crippen molar-refractivity contribution in [2.24, 2.45) is 0 Å². The zero-order valence-electron chi connectivity index (χ0n) is 14.1. The molecule has 2 N–H and O–H groups in total. The number of hydrogen-bond acceptors (Lipinski definition) is 3. The van der Waals surface area contributed by atoms with Crippen LogP contribution < -0.4 is 5.32 Å². The predicted octanol–water partition coefficient (Wildman–Crippen LogP) is 4.11. The number of halogens is 1. The first-order valence-corrected chi connectivity index (χ1v) is 8.65. The normalized spacial score (nSPS) is 14.8. The Morgan fingerprint density at radius 1 is 1.08 bits per heavy atom. The highest BCUT2D eigenvalue weighted by Gasteiger charge is 2.22. The Balaban J connectivity index is 2.04. The molecule has 2 rings (SSSR count). The molecule has 3 nitrogen and oxygen atoms in total. The minimum absolute atomic E-state index is 0.160. The molecule has 0 heterocycles. The second-order valence-corrected chi connectivity index (χ2v) is 6.41. The molecule has 0 aliphatic rings. The molecule has 1 unspecified atom stereocenters. The van der Waals surface area contributed by atoms with Crippen LogP contribution in [0.15, 0.2) is 54.6 Å². The van der Waals surface area contributed by atoms with Crippen LogP contribution in [0, 0.1) is 0 Å². The van der Waals surface area contributed by atoms with E-state index >= 15 is 0 Å². The third kappa shape index (κ3) is 4.91. The fourth-order valence-corrected chi connectivity index (χ4v) is 2.84. The summed E-state index contributed by atoms with van der Waals surface area (Å²) in [7, 11) is 0. The van der Waals surface area contributed by atoms with Gasteiger partial charge in [-0.2, -0.15) is 0 Å². The topological polar surface area (TPSA) is 49.3 Å². The summed E-state index contributed by atoms with van der Waals surface area (Å²) in [5, 5.41) is 14.4. The second kappa shape index (κ2) is 8.97. The molecule has 0 saturated heterocycles. The second-order valence-electron chi connectivity index (χ2n) is 5.98. The highest BCUT2D eigenvalue weighted by molar-refractivity contribution is 6.30. The van der Waals surface area contributed by atoms with Gasteiger partial charge in [0.05, 0.1) is 12.0 Å². The molecule has 0 fully saturated rings. The van der Waals surface area contributed by atoms with Gasteiger partial charge in [0.2, 0.25) is 0 Å². The van der Waals surface area contributed by atoms with Gasteiger partial charge < -0.3 is 10.4 Å². The maximum atomic E-state index is 12.3. The van der Waals surface area contributed by atoms with E-state index in [0.717, 1.165) is 11.1 Å². The van der Waals surface area contributed by atoms with E-state index in [-0.39, 0.29) is 17.7 Å². The molecule has 0 aliphatic carbocycles. The number of ketones is 1. The number of Topliss-reactive ketones (excluding diaryl/α,β-unsaturated/α-hetero) is 1. The van der Waals surface area contributed by atoms with Gasteiger partial charge >= 0.3 is 0 Å². The lowest BCUT2D eigenvalue weighted by Gasteiger charge is -2.24. The monoisotopic (exact) mass is 345 g/mol. The molecule has 128 valence electrons. The van der Waals surface area contributed by atoms with Crippen LogP contribution in [-0.2, 0) is 4.79 Å². The number of carbonyl (C=O) groups is 1. The van der Waals surface area contributed by atoms with E-state index in [4.69, 9.17) is 11.6 Å². The molecule has 0 saturated carbocycles. The fourth-order valence-electron chi connectivity index (χ4n) is 2.71. The van der Waals surface area contributed by atoms with Crippen molar-refractivity contribution >= 4 is 17.4 Å². The number of benzene rings is 2. The molecular formula is C20H24ClNO2. The van der Waals surface area contributed by atoms with Gasteiger partial charge in [0.15, 0.2) is 0 Å². The van der Waals surface area contributed by atoms with Crippen molar-refractivity contribution in [1.29, 1.82) is 0 Å². The number of aliphatic hydroxyl groups is 1.